The summed E-state index contributed by atoms with van der Waals surface area (Å²) in [5.74, 6) is 1.78. The van der Waals surface area contributed by atoms with Crippen LogP contribution >= 0.6 is 0 Å². The molecule has 2 aromatic rings. The van der Waals surface area contributed by atoms with Crippen molar-refractivity contribution in [3.63, 3.8) is 0 Å². The van der Waals surface area contributed by atoms with Crippen molar-refractivity contribution in [2.45, 2.75) is 11.0 Å². The number of benzene rings is 2. The lowest BCUT2D eigenvalue weighted by Gasteiger charge is -2.37. The number of fused-ring (bicyclic) bond motifs is 1. The fourth-order valence-electron chi connectivity index (χ4n) is 3.55. The number of nitrogens with two attached hydrogens (primary N) is 1. The summed E-state index contributed by atoms with van der Waals surface area (Å²) >= 11 is 0. The predicted molar refractivity (Wildman–Crippen MR) is 113 cm³/mol. The van der Waals surface area contributed by atoms with Gasteiger partial charge in [0.25, 0.3) is 5.91 Å². The zero-order valence-corrected chi connectivity index (χ0v) is 17.8. The van der Waals surface area contributed by atoms with Crippen molar-refractivity contribution in [3.05, 3.63) is 48.5 Å². The molecule has 166 valence electrons. The third-order valence-corrected chi connectivity index (χ3v) is 6.23. The first kappa shape index (κ1) is 21.4. The minimum atomic E-state index is -3.71. The maximum Gasteiger partial charge on any atom is 0.267 e. The molecule has 0 unspecified atom stereocenters. The van der Waals surface area contributed by atoms with Gasteiger partial charge in [-0.15, -0.1) is 0 Å². The molecule has 0 aromatic heterocycles. The van der Waals surface area contributed by atoms with E-state index in [1.54, 1.807) is 18.2 Å². The summed E-state index contributed by atoms with van der Waals surface area (Å²) in [6.45, 7) is 4.09. The molecular weight excluding hydrogens is 422 g/mol. The lowest BCUT2D eigenvalue weighted by atomic mass is 10.2. The summed E-state index contributed by atoms with van der Waals surface area (Å²) in [6, 6.07) is 13.4. The van der Waals surface area contributed by atoms with Gasteiger partial charge in [0.05, 0.1) is 4.90 Å². The molecule has 1 amide bonds. The van der Waals surface area contributed by atoms with Gasteiger partial charge in [0.1, 0.15) is 19.0 Å². The summed E-state index contributed by atoms with van der Waals surface area (Å²) in [6.07, 6.45) is -0.620. The SMILES string of the molecule is NS(=O)(=O)c1ccc(OCCN2CCN(C(=O)[C@@H]3COc4ccccc4O3)CC2)cc1. The number of sulfonamides is 1. The minimum Gasteiger partial charge on any atom is -0.492 e. The molecule has 2 aliphatic heterocycles. The number of carbonyl (C=O) groups is 1. The van der Waals surface area contributed by atoms with Gasteiger partial charge in [-0.1, -0.05) is 12.1 Å². The number of ether oxygens (including phenoxy) is 3. The second-order valence-corrected chi connectivity index (χ2v) is 8.96. The molecule has 31 heavy (non-hydrogen) atoms. The lowest BCUT2D eigenvalue weighted by Crippen LogP contribution is -2.54. The van der Waals surface area contributed by atoms with E-state index < -0.39 is 16.1 Å². The normalized spacial score (nSPS) is 19.1. The minimum absolute atomic E-state index is 0.0523. The van der Waals surface area contributed by atoms with Crippen LogP contribution in [0.15, 0.2) is 53.4 Å². The molecule has 10 heteroatoms. The first-order chi connectivity index (χ1) is 14.9. The number of hydrogen-bond acceptors (Lipinski definition) is 7. The van der Waals surface area contributed by atoms with Crippen molar-refractivity contribution in [2.75, 3.05) is 45.9 Å². The lowest BCUT2D eigenvalue weighted by molar-refractivity contribution is -0.143. The van der Waals surface area contributed by atoms with E-state index >= 15 is 0 Å². The van der Waals surface area contributed by atoms with Gasteiger partial charge in [-0.3, -0.25) is 9.69 Å². The number of rotatable bonds is 6. The quantitative estimate of drug-likeness (QED) is 0.694. The number of nitrogens with zero attached hydrogens (tertiary/aromatic N) is 2. The van der Waals surface area contributed by atoms with Crippen molar-refractivity contribution >= 4 is 15.9 Å². The van der Waals surface area contributed by atoms with E-state index in [2.05, 4.69) is 4.90 Å². The van der Waals surface area contributed by atoms with E-state index in [9.17, 15) is 13.2 Å². The molecule has 1 fully saturated rings. The second-order valence-electron chi connectivity index (χ2n) is 7.40. The Balaban J connectivity index is 1.20. The molecule has 2 N–H and O–H groups in total. The first-order valence-corrected chi connectivity index (χ1v) is 11.6. The number of hydrogen-bond donors (Lipinski definition) is 1. The molecule has 9 nitrogen and oxygen atoms in total. The van der Waals surface area contributed by atoms with E-state index in [4.69, 9.17) is 19.3 Å². The van der Waals surface area contributed by atoms with Crippen LogP contribution in [0.2, 0.25) is 0 Å². The highest BCUT2D eigenvalue weighted by Crippen LogP contribution is 2.31. The van der Waals surface area contributed by atoms with Crippen LogP contribution in [0.5, 0.6) is 17.2 Å². The molecule has 1 saturated heterocycles. The van der Waals surface area contributed by atoms with Crippen LogP contribution in [-0.2, 0) is 14.8 Å². The molecule has 0 bridgehead atoms. The smallest absolute Gasteiger partial charge is 0.267 e. The van der Waals surface area contributed by atoms with Crippen LogP contribution in [0.25, 0.3) is 0 Å². The highest BCUT2D eigenvalue weighted by molar-refractivity contribution is 7.89. The highest BCUT2D eigenvalue weighted by Gasteiger charge is 2.32. The number of carbonyl (C=O) groups excluding carboxylic acids is 1. The van der Waals surface area contributed by atoms with Gasteiger partial charge in [0.2, 0.25) is 16.1 Å². The van der Waals surface area contributed by atoms with E-state index in [0.29, 0.717) is 43.5 Å². The van der Waals surface area contributed by atoms with Crippen molar-refractivity contribution in [3.8, 4) is 17.2 Å². The Hall–Kier alpha value is -2.82. The van der Waals surface area contributed by atoms with E-state index in [-0.39, 0.29) is 17.4 Å². The predicted octanol–water partition coefficient (Wildman–Crippen LogP) is 0.697. The first-order valence-electron chi connectivity index (χ1n) is 10.1. The average Bonchev–Trinajstić information content (AvgIpc) is 2.78. The number of para-hydroxylation sites is 2. The maximum atomic E-state index is 12.8. The monoisotopic (exact) mass is 447 g/mol. The standard InChI is InChI=1S/C21H25N3O6S/c22-31(26,27)17-7-5-16(6-8-17)28-14-13-23-9-11-24(12-10-23)21(25)20-15-29-18-3-1-2-4-19(18)30-20/h1-8,20H,9-15H2,(H2,22,26,27)/t20-/m0/s1. The largest absolute Gasteiger partial charge is 0.492 e. The number of piperazine rings is 1. The van der Waals surface area contributed by atoms with E-state index in [1.807, 2.05) is 23.1 Å². The van der Waals surface area contributed by atoms with Crippen molar-refractivity contribution in [2.24, 2.45) is 5.14 Å². The summed E-state index contributed by atoms with van der Waals surface area (Å²) in [5, 5.41) is 5.09. The van der Waals surface area contributed by atoms with Gasteiger partial charge in [-0.25, -0.2) is 13.6 Å². The molecule has 0 radical (unpaired) electrons. The Bertz CT molecular complexity index is 1020. The summed E-state index contributed by atoms with van der Waals surface area (Å²) in [4.78, 5) is 16.9. The van der Waals surface area contributed by atoms with Crippen molar-refractivity contribution in [1.82, 2.24) is 9.80 Å². The molecule has 4 rings (SSSR count). The number of primary sulfonamides is 1. The Kier molecular flexibility index (Phi) is 6.30. The third-order valence-electron chi connectivity index (χ3n) is 5.30. The number of amides is 1. The molecule has 2 aliphatic rings. The average molecular weight is 448 g/mol. The molecular formula is C21H25N3O6S. The summed E-state index contributed by atoms with van der Waals surface area (Å²) in [5.41, 5.74) is 0. The summed E-state index contributed by atoms with van der Waals surface area (Å²) < 4.78 is 39.7. The van der Waals surface area contributed by atoms with E-state index in [1.165, 1.54) is 12.1 Å². The fraction of sp³-hybridized carbons (Fsp3) is 0.381. The second kappa shape index (κ2) is 9.13. The van der Waals surface area contributed by atoms with Crippen LogP contribution in [0, 0.1) is 0 Å². The van der Waals surface area contributed by atoms with Gasteiger partial charge in [-0.2, -0.15) is 0 Å². The Morgan fingerprint density at radius 2 is 1.71 bits per heavy atom. The topological polar surface area (TPSA) is 111 Å². The Morgan fingerprint density at radius 3 is 2.39 bits per heavy atom. The maximum absolute atomic E-state index is 12.8. The van der Waals surface area contributed by atoms with Gasteiger partial charge < -0.3 is 19.1 Å². The van der Waals surface area contributed by atoms with Gasteiger partial charge >= 0.3 is 0 Å². The molecule has 2 aromatic carbocycles. The Morgan fingerprint density at radius 1 is 1.03 bits per heavy atom. The zero-order valence-electron chi connectivity index (χ0n) is 17.0. The highest BCUT2D eigenvalue weighted by atomic mass is 32.2. The fourth-order valence-corrected chi connectivity index (χ4v) is 4.07. The molecule has 0 spiro atoms. The Labute approximate surface area is 181 Å². The summed E-state index contributed by atoms with van der Waals surface area (Å²) in [7, 11) is -3.71. The van der Waals surface area contributed by atoms with Crippen molar-refractivity contribution in [1.29, 1.82) is 0 Å². The molecule has 0 aliphatic carbocycles. The van der Waals surface area contributed by atoms with E-state index in [0.717, 1.165) is 13.1 Å². The van der Waals surface area contributed by atoms with Crippen LogP contribution in [0.1, 0.15) is 0 Å². The van der Waals surface area contributed by atoms with Crippen LogP contribution in [-0.4, -0.2) is 76.2 Å². The van der Waals surface area contributed by atoms with Crippen LogP contribution < -0.4 is 19.3 Å². The van der Waals surface area contributed by atoms with Crippen LogP contribution in [0.3, 0.4) is 0 Å². The van der Waals surface area contributed by atoms with Gasteiger partial charge in [0, 0.05) is 32.7 Å². The zero-order chi connectivity index (χ0) is 21.8. The van der Waals surface area contributed by atoms with Crippen LogP contribution in [0.4, 0.5) is 0 Å². The molecule has 0 saturated carbocycles. The van der Waals surface area contributed by atoms with Crippen molar-refractivity contribution < 1.29 is 27.4 Å². The van der Waals surface area contributed by atoms with Gasteiger partial charge in [0.15, 0.2) is 11.5 Å². The third kappa shape index (κ3) is 5.27. The molecule has 2 heterocycles. The molecule has 1 atom stereocenters. The van der Waals surface area contributed by atoms with Gasteiger partial charge in [-0.05, 0) is 36.4 Å².